The Labute approximate surface area is 501 Å². The molecule has 29 atom stereocenters. The van der Waals surface area contributed by atoms with Crippen LogP contribution < -0.4 is 0 Å². The van der Waals surface area contributed by atoms with E-state index in [-0.39, 0.29) is 68.8 Å². The van der Waals surface area contributed by atoms with Crippen LogP contribution in [0.3, 0.4) is 0 Å². The van der Waals surface area contributed by atoms with Crippen molar-refractivity contribution in [3.63, 3.8) is 0 Å². The molecule has 29 unspecified atom stereocenters. The number of benzene rings is 1. The molecule has 5 aliphatic heterocycles. The fourth-order valence-electron chi connectivity index (χ4n) is 16.2. The number of hydrogen-bond donors (Lipinski definition) is 9. The number of aliphatic hydroxyl groups excluding tert-OH is 5. The van der Waals surface area contributed by atoms with E-state index in [1.807, 2.05) is 26.8 Å². The summed E-state index contributed by atoms with van der Waals surface area (Å²) in [6, 6.07) is 5.52. The Bertz CT molecular complexity index is 2530. The molecule has 1 aromatic rings. The fourth-order valence-corrected chi connectivity index (χ4v) is 16.2. The van der Waals surface area contributed by atoms with Gasteiger partial charge in [-0.25, -0.2) is 4.79 Å². The molecule has 25 nitrogen and oxygen atoms in total. The van der Waals surface area contributed by atoms with Crippen molar-refractivity contribution < 1.29 is 122 Å². The van der Waals surface area contributed by atoms with Gasteiger partial charge in [0.05, 0.1) is 72.5 Å². The molecule has 0 bridgehead atoms. The summed E-state index contributed by atoms with van der Waals surface area (Å²) in [4.78, 5) is 27.1. The van der Waals surface area contributed by atoms with Crippen LogP contribution in [-0.2, 0) is 71.1 Å². The van der Waals surface area contributed by atoms with Gasteiger partial charge in [0.2, 0.25) is 0 Å². The number of phenols is 1. The molecule has 25 heteroatoms. The molecule has 86 heavy (non-hydrogen) atoms. The first-order chi connectivity index (χ1) is 40.7. The van der Waals surface area contributed by atoms with Gasteiger partial charge in [-0.2, -0.15) is 0 Å². The Kier molecular flexibility index (Phi) is 19.7. The summed E-state index contributed by atoms with van der Waals surface area (Å²) in [6.45, 7) is 11.5. The lowest BCUT2D eigenvalue weighted by molar-refractivity contribution is -0.358. The normalized spacial score (nSPS) is 49.6. The number of phenolic OH excluding ortho intramolecular Hbond substituents is 1. The van der Waals surface area contributed by atoms with Crippen LogP contribution in [0.4, 0.5) is 0 Å². The number of carbonyl (C=O) groups is 2. The molecule has 0 aromatic heterocycles. The molecule has 0 amide bonds. The molecule has 0 radical (unpaired) electrons. The average molecular weight is 1230 g/mol. The minimum Gasteiger partial charge on any atom is -0.508 e. The van der Waals surface area contributed by atoms with E-state index in [0.717, 1.165) is 5.57 Å². The lowest BCUT2D eigenvalue weighted by Gasteiger charge is -2.67. The monoisotopic (exact) mass is 1220 g/mol. The number of aliphatic hydroxyl groups is 8. The molecule has 8 fully saturated rings. The quantitative estimate of drug-likeness (QED) is 0.0792. The van der Waals surface area contributed by atoms with Crippen molar-refractivity contribution in [3.05, 3.63) is 41.5 Å². The number of esters is 1. The van der Waals surface area contributed by atoms with Gasteiger partial charge in [0, 0.05) is 52.9 Å². The molecule has 4 aliphatic carbocycles. The van der Waals surface area contributed by atoms with Gasteiger partial charge in [0.15, 0.2) is 37.2 Å². The number of methoxy groups -OCH3 is 3. The highest BCUT2D eigenvalue weighted by molar-refractivity contribution is 5.90. The van der Waals surface area contributed by atoms with Crippen molar-refractivity contribution in [2.24, 2.45) is 16.7 Å². The van der Waals surface area contributed by atoms with Crippen molar-refractivity contribution in [2.45, 2.75) is 277 Å². The van der Waals surface area contributed by atoms with Crippen molar-refractivity contribution in [2.75, 3.05) is 27.9 Å². The van der Waals surface area contributed by atoms with Crippen molar-refractivity contribution in [1.82, 2.24) is 0 Å². The van der Waals surface area contributed by atoms with E-state index in [9.17, 15) is 55.5 Å². The van der Waals surface area contributed by atoms with E-state index >= 15 is 0 Å². The van der Waals surface area contributed by atoms with Crippen molar-refractivity contribution >= 4 is 11.8 Å². The number of rotatable bonds is 17. The molecule has 1 aromatic carbocycles. The maximum atomic E-state index is 13.8. The average Bonchev–Trinajstić information content (AvgIpc) is 1.33. The Hall–Kier alpha value is -2.94. The number of carbonyl (C=O) groups excluding carboxylic acids is 2. The molecule has 0 spiro atoms. The van der Waals surface area contributed by atoms with Gasteiger partial charge in [0.1, 0.15) is 77.5 Å². The third-order valence-corrected chi connectivity index (χ3v) is 21.3. The van der Waals surface area contributed by atoms with Gasteiger partial charge < -0.3 is 112 Å². The van der Waals surface area contributed by atoms with Crippen molar-refractivity contribution in [3.8, 4) is 5.75 Å². The summed E-state index contributed by atoms with van der Waals surface area (Å²) < 4.78 is 87.3. The van der Waals surface area contributed by atoms with Crippen molar-refractivity contribution in [1.29, 1.82) is 0 Å². The first kappa shape index (κ1) is 66.0. The molecule has 9 N–H and O–H groups in total. The predicted octanol–water partition coefficient (Wildman–Crippen LogP) is 1.71. The number of ether oxygens (including phenoxy) is 14. The summed E-state index contributed by atoms with van der Waals surface area (Å²) >= 11 is 0. The van der Waals surface area contributed by atoms with Gasteiger partial charge in [-0.1, -0.05) is 18.6 Å². The van der Waals surface area contributed by atoms with Gasteiger partial charge >= 0.3 is 5.97 Å². The zero-order chi connectivity index (χ0) is 62.2. The summed E-state index contributed by atoms with van der Waals surface area (Å²) in [7, 11) is 4.65. The first-order valence-electron chi connectivity index (χ1n) is 30.5. The molecule has 9 aliphatic rings. The molecule has 10 rings (SSSR count). The molecule has 3 saturated carbocycles. The fraction of sp³-hybridized carbons (Fsp3) is 0.836. The third-order valence-electron chi connectivity index (χ3n) is 21.3. The Morgan fingerprint density at radius 2 is 1.14 bits per heavy atom. The number of ketones is 1. The molecule has 486 valence electrons. The second-order valence-electron chi connectivity index (χ2n) is 26.0. The Balaban J connectivity index is 0.716. The summed E-state index contributed by atoms with van der Waals surface area (Å²) in [5.74, 6) is -2.06. The number of fused-ring (bicyclic) bond motifs is 5. The maximum absolute atomic E-state index is 13.8. The van der Waals surface area contributed by atoms with Crippen LogP contribution in [0.1, 0.15) is 129 Å². The maximum Gasteiger partial charge on any atom is 0.338 e. The number of hydrogen-bond acceptors (Lipinski definition) is 25. The second-order valence-corrected chi connectivity index (χ2v) is 26.0. The minimum atomic E-state index is -2.11. The second kappa shape index (κ2) is 25.6. The largest absolute Gasteiger partial charge is 0.508 e. The van der Waals surface area contributed by atoms with Crippen LogP contribution in [0.15, 0.2) is 35.9 Å². The van der Waals surface area contributed by atoms with Crippen LogP contribution in [0.25, 0.3) is 0 Å². The topological polar surface area (TPSA) is 345 Å². The van der Waals surface area contributed by atoms with Crippen LogP contribution in [0, 0.1) is 16.7 Å². The van der Waals surface area contributed by atoms with Gasteiger partial charge in [-0.15, -0.1) is 0 Å². The van der Waals surface area contributed by atoms with Gasteiger partial charge in [-0.05, 0) is 116 Å². The standard InChI is InChI=1S/C61H92O25/c1-28-51(83-45-23-38(73-8)52(29(2)77-45)84-46-24-39(74-9)53(30(3)78-46)85-47-25-40(75-10)54(31(4)79-47)86-56-50(68)49(67)48(66)41(27-62)81-56)37(65)22-44(76-28)80-36-16-17-57(6)34(21-36)15-18-60(71)42(57)26-43(82-55(69)33-11-13-35(64)14-12-33)58(7)59(70,32(5)63)19-20-61(58,60)72/h11-15,28-31,36-54,56,62,64-68,70-72H,16-27H2,1-10H3. The zero-order valence-corrected chi connectivity index (χ0v) is 50.8. The highest BCUT2D eigenvalue weighted by Crippen LogP contribution is 2.71. The van der Waals surface area contributed by atoms with Gasteiger partial charge in [-0.3, -0.25) is 4.79 Å². The minimum absolute atomic E-state index is 0.0231. The SMILES string of the molecule is COC1CC(OC2C(O)CC(OC3CCC4(C)C(=CCC5(O)C4CC(OC(=O)c4ccc(O)cc4)C4(C)C(O)(C(C)=O)CCC54O)C3)OC2C)OC(C)C1OC1CC(OC)C(OC2CC(OC)C(OC3OC(CO)C(O)C(O)C3O)C(C)O2)C(C)O1. The molecular formula is C61H92O25. The summed E-state index contributed by atoms with van der Waals surface area (Å²) in [6.07, 6.45) is -15.6. The summed E-state index contributed by atoms with van der Waals surface area (Å²) in [5, 5.41) is 101. The van der Waals surface area contributed by atoms with Crippen LogP contribution in [0.5, 0.6) is 5.75 Å². The number of aromatic hydroxyl groups is 1. The zero-order valence-electron chi connectivity index (χ0n) is 50.8. The molecule has 5 saturated heterocycles. The Morgan fingerprint density at radius 3 is 1.65 bits per heavy atom. The third kappa shape index (κ3) is 11.7. The van der Waals surface area contributed by atoms with E-state index < -0.39 is 187 Å². The van der Waals surface area contributed by atoms with Crippen LogP contribution in [-0.4, -0.2) is 244 Å². The molecular weight excluding hydrogens is 1130 g/mol. The Morgan fingerprint density at radius 1 is 0.628 bits per heavy atom. The summed E-state index contributed by atoms with van der Waals surface area (Å²) in [5.41, 5.74) is -7.32. The van der Waals surface area contributed by atoms with E-state index in [4.69, 9.17) is 66.3 Å². The lowest BCUT2D eigenvalue weighted by atomic mass is 9.42. The van der Waals surface area contributed by atoms with E-state index in [0.29, 0.717) is 19.3 Å². The highest BCUT2D eigenvalue weighted by atomic mass is 16.8. The van der Waals surface area contributed by atoms with E-state index in [2.05, 4.69) is 0 Å². The van der Waals surface area contributed by atoms with E-state index in [1.54, 1.807) is 35.0 Å². The van der Waals surface area contributed by atoms with E-state index in [1.165, 1.54) is 38.3 Å². The lowest BCUT2D eigenvalue weighted by Crippen LogP contribution is -2.78. The van der Waals surface area contributed by atoms with Gasteiger partial charge in [0.25, 0.3) is 0 Å². The predicted molar refractivity (Wildman–Crippen MR) is 295 cm³/mol. The van der Waals surface area contributed by atoms with Crippen LogP contribution >= 0.6 is 0 Å². The molecule has 5 heterocycles. The van der Waals surface area contributed by atoms with Crippen LogP contribution in [0.2, 0.25) is 0 Å². The smallest absolute Gasteiger partial charge is 0.338 e. The number of Topliss-reactive ketones (excluding diaryl/α,β-unsaturated/α-hetero) is 1. The first-order valence-corrected chi connectivity index (χ1v) is 30.5. The highest BCUT2D eigenvalue weighted by Gasteiger charge is 2.81.